The van der Waals surface area contributed by atoms with Gasteiger partial charge in [0.1, 0.15) is 0 Å². The summed E-state index contributed by atoms with van der Waals surface area (Å²) in [6, 6.07) is 0. The largest absolute Gasteiger partial charge is 0.401 e. The topological polar surface area (TPSA) is 49.3 Å². The molecule has 2 rings (SSSR count). The minimum absolute atomic E-state index is 0.246. The summed E-state index contributed by atoms with van der Waals surface area (Å²) in [5.41, 5.74) is 0. The van der Waals surface area contributed by atoms with Crippen LogP contribution in [-0.2, 0) is 9.47 Å². The molecule has 2 fully saturated rings. The number of nitrogens with one attached hydrogen (secondary N) is 1. The zero-order valence-electron chi connectivity index (χ0n) is 17.8. The molecule has 0 bridgehead atoms. The Balaban J connectivity index is 1.68. The van der Waals surface area contributed by atoms with Crippen LogP contribution in [0.3, 0.4) is 0 Å². The van der Waals surface area contributed by atoms with Gasteiger partial charge in [-0.05, 0) is 59.0 Å². The Morgan fingerprint density at radius 2 is 2.00 bits per heavy atom. The predicted molar refractivity (Wildman–Crippen MR) is 108 cm³/mol. The van der Waals surface area contributed by atoms with Gasteiger partial charge in [0.05, 0.1) is 25.4 Å². The van der Waals surface area contributed by atoms with E-state index in [2.05, 4.69) is 15.2 Å². The van der Waals surface area contributed by atoms with Crippen LogP contribution >= 0.6 is 0 Å². The Morgan fingerprint density at radius 3 is 2.62 bits per heavy atom. The maximum atomic E-state index is 12.4. The Morgan fingerprint density at radius 1 is 1.24 bits per heavy atom. The molecule has 1 N–H and O–H groups in total. The molecule has 2 heterocycles. The van der Waals surface area contributed by atoms with E-state index in [0.717, 1.165) is 57.9 Å². The molecule has 1 atom stereocenters. The molecule has 0 amide bonds. The van der Waals surface area contributed by atoms with Gasteiger partial charge in [-0.15, -0.1) is 0 Å². The first-order chi connectivity index (χ1) is 13.9. The fraction of sp³-hybridized carbons (Fsp3) is 0.950. The van der Waals surface area contributed by atoms with Gasteiger partial charge in [-0.25, -0.2) is 0 Å². The molecule has 29 heavy (non-hydrogen) atoms. The Bertz CT molecular complexity index is 477. The molecule has 0 aromatic rings. The number of likely N-dealkylation sites (tertiary alicyclic amines) is 1. The standard InChI is InChI=1S/C20H37F3N4O2/c1-3-24-19(25-10-6-11-26(2)16-20(21,22)23)27-12-8-17(9-13-27)29-15-18-7-4-5-14-28-18/h17-18H,3-16H2,1-2H3,(H,24,25). The van der Waals surface area contributed by atoms with Gasteiger partial charge >= 0.3 is 6.18 Å². The van der Waals surface area contributed by atoms with Crippen molar-refractivity contribution in [1.29, 1.82) is 0 Å². The van der Waals surface area contributed by atoms with Crippen LogP contribution in [0.4, 0.5) is 13.2 Å². The second kappa shape index (κ2) is 12.6. The van der Waals surface area contributed by atoms with Gasteiger partial charge in [0, 0.05) is 32.8 Å². The number of nitrogens with zero attached hydrogens (tertiary/aromatic N) is 3. The maximum Gasteiger partial charge on any atom is 0.401 e. The predicted octanol–water partition coefficient (Wildman–Crippen LogP) is 2.89. The first-order valence-corrected chi connectivity index (χ1v) is 10.9. The molecule has 170 valence electrons. The summed E-state index contributed by atoms with van der Waals surface area (Å²) in [4.78, 5) is 8.13. The minimum Gasteiger partial charge on any atom is -0.376 e. The second-order valence-corrected chi connectivity index (χ2v) is 7.95. The van der Waals surface area contributed by atoms with Crippen molar-refractivity contribution in [1.82, 2.24) is 15.1 Å². The molecule has 0 aromatic heterocycles. The number of halogens is 3. The quantitative estimate of drug-likeness (QED) is 0.352. The number of hydrogen-bond donors (Lipinski definition) is 1. The molecule has 2 aliphatic rings. The monoisotopic (exact) mass is 422 g/mol. The molecule has 0 saturated carbocycles. The van der Waals surface area contributed by atoms with E-state index in [1.54, 1.807) is 0 Å². The molecular weight excluding hydrogens is 385 g/mol. The third kappa shape index (κ3) is 10.00. The molecule has 0 spiro atoms. The van der Waals surface area contributed by atoms with Crippen molar-refractivity contribution in [2.24, 2.45) is 4.99 Å². The lowest BCUT2D eigenvalue weighted by Crippen LogP contribution is -2.47. The molecule has 6 nitrogen and oxygen atoms in total. The van der Waals surface area contributed by atoms with E-state index < -0.39 is 12.7 Å². The summed E-state index contributed by atoms with van der Waals surface area (Å²) in [5.74, 6) is 0.847. The highest BCUT2D eigenvalue weighted by molar-refractivity contribution is 5.80. The highest BCUT2D eigenvalue weighted by Crippen LogP contribution is 2.18. The smallest absolute Gasteiger partial charge is 0.376 e. The number of aliphatic imine (C=N–C) groups is 1. The molecule has 0 aromatic carbocycles. The normalized spacial score (nSPS) is 22.3. The number of piperidine rings is 1. The average Bonchev–Trinajstić information content (AvgIpc) is 2.69. The molecule has 0 radical (unpaired) electrons. The van der Waals surface area contributed by atoms with Crippen LogP contribution in [0.5, 0.6) is 0 Å². The fourth-order valence-corrected chi connectivity index (χ4v) is 3.75. The van der Waals surface area contributed by atoms with Gasteiger partial charge in [-0.1, -0.05) is 0 Å². The van der Waals surface area contributed by atoms with Crippen molar-refractivity contribution >= 4 is 5.96 Å². The van der Waals surface area contributed by atoms with Gasteiger partial charge in [0.2, 0.25) is 0 Å². The van der Waals surface area contributed by atoms with Crippen LogP contribution in [0.1, 0.15) is 45.4 Å². The van der Waals surface area contributed by atoms with E-state index in [1.165, 1.54) is 18.4 Å². The van der Waals surface area contributed by atoms with Crippen molar-refractivity contribution in [3.8, 4) is 0 Å². The van der Waals surface area contributed by atoms with Crippen molar-refractivity contribution < 1.29 is 22.6 Å². The van der Waals surface area contributed by atoms with Crippen molar-refractivity contribution in [2.45, 2.75) is 63.8 Å². The first-order valence-electron chi connectivity index (χ1n) is 10.9. The molecule has 0 aliphatic carbocycles. The summed E-state index contributed by atoms with van der Waals surface area (Å²) in [5, 5.41) is 3.30. The summed E-state index contributed by atoms with van der Waals surface area (Å²) < 4.78 is 48.9. The highest BCUT2D eigenvalue weighted by Gasteiger charge is 2.29. The Kier molecular flexibility index (Phi) is 10.5. The van der Waals surface area contributed by atoms with E-state index in [4.69, 9.17) is 9.47 Å². The number of ether oxygens (including phenoxy) is 2. The number of guanidine groups is 1. The minimum atomic E-state index is -4.15. The molecule has 2 saturated heterocycles. The van der Waals surface area contributed by atoms with E-state index in [-0.39, 0.29) is 12.2 Å². The summed E-state index contributed by atoms with van der Waals surface area (Å²) in [7, 11) is 1.49. The van der Waals surface area contributed by atoms with Gasteiger partial charge in [0.25, 0.3) is 0 Å². The van der Waals surface area contributed by atoms with Crippen LogP contribution in [0.2, 0.25) is 0 Å². The van der Waals surface area contributed by atoms with Crippen LogP contribution in [0.25, 0.3) is 0 Å². The Labute approximate surface area is 172 Å². The molecule has 9 heteroatoms. The lowest BCUT2D eigenvalue weighted by atomic mass is 10.1. The van der Waals surface area contributed by atoms with Crippen LogP contribution in [0, 0.1) is 0 Å². The lowest BCUT2D eigenvalue weighted by Gasteiger charge is -2.35. The molecule has 1 unspecified atom stereocenters. The van der Waals surface area contributed by atoms with Gasteiger partial charge in [-0.2, -0.15) is 13.2 Å². The number of rotatable bonds is 9. The van der Waals surface area contributed by atoms with Gasteiger partial charge < -0.3 is 19.7 Å². The average molecular weight is 423 g/mol. The van der Waals surface area contributed by atoms with Crippen molar-refractivity contribution in [3.63, 3.8) is 0 Å². The van der Waals surface area contributed by atoms with Gasteiger partial charge in [0.15, 0.2) is 5.96 Å². The lowest BCUT2D eigenvalue weighted by molar-refractivity contribution is -0.143. The van der Waals surface area contributed by atoms with Crippen molar-refractivity contribution in [2.75, 3.05) is 59.5 Å². The first kappa shape index (κ1) is 24.2. The molecule has 2 aliphatic heterocycles. The SMILES string of the molecule is CCNC(=NCCCN(C)CC(F)(F)F)N1CCC(OCC2CCCCO2)CC1. The van der Waals surface area contributed by atoms with E-state index in [1.807, 2.05) is 6.92 Å². The second-order valence-electron chi connectivity index (χ2n) is 7.95. The zero-order valence-corrected chi connectivity index (χ0v) is 17.8. The number of alkyl halides is 3. The van der Waals surface area contributed by atoms with E-state index in [0.29, 0.717) is 26.1 Å². The summed E-state index contributed by atoms with van der Waals surface area (Å²) >= 11 is 0. The van der Waals surface area contributed by atoms with Gasteiger partial charge in [-0.3, -0.25) is 9.89 Å². The van der Waals surface area contributed by atoms with Crippen LogP contribution in [-0.4, -0.2) is 93.7 Å². The summed E-state index contributed by atoms with van der Waals surface area (Å²) in [6.07, 6.45) is 2.32. The van der Waals surface area contributed by atoms with Crippen molar-refractivity contribution in [3.05, 3.63) is 0 Å². The third-order valence-corrected chi connectivity index (χ3v) is 5.28. The third-order valence-electron chi connectivity index (χ3n) is 5.28. The zero-order chi connectivity index (χ0) is 21.1. The summed E-state index contributed by atoms with van der Waals surface area (Å²) in [6.45, 7) is 6.07. The van der Waals surface area contributed by atoms with Crippen LogP contribution in [0.15, 0.2) is 4.99 Å². The Hall–Kier alpha value is -1.06. The van der Waals surface area contributed by atoms with Crippen LogP contribution < -0.4 is 5.32 Å². The number of hydrogen-bond acceptors (Lipinski definition) is 4. The maximum absolute atomic E-state index is 12.4. The molecular formula is C20H37F3N4O2. The highest BCUT2D eigenvalue weighted by atomic mass is 19.4. The fourth-order valence-electron chi connectivity index (χ4n) is 3.75. The van der Waals surface area contributed by atoms with E-state index >= 15 is 0 Å². The van der Waals surface area contributed by atoms with E-state index in [9.17, 15) is 13.2 Å².